The molecule has 4 N–H and O–H groups in total. The number of piperazine rings is 1. The van der Waals surface area contributed by atoms with Crippen LogP contribution in [0.2, 0.25) is 0 Å². The molecule has 2 saturated heterocycles. The maximum Gasteiger partial charge on any atom is 0.249 e. The van der Waals surface area contributed by atoms with Crippen molar-refractivity contribution >= 4 is 17.7 Å². The molecule has 0 unspecified atom stereocenters. The molecule has 2 heterocycles. The Morgan fingerprint density at radius 3 is 2.44 bits per heavy atom. The fourth-order valence-electron chi connectivity index (χ4n) is 4.16. The fourth-order valence-corrected chi connectivity index (χ4v) is 4.16. The lowest BCUT2D eigenvalue weighted by atomic mass is 10.1. The number of aliphatic hydroxyl groups is 1. The minimum absolute atomic E-state index is 0.0466. The minimum Gasteiger partial charge on any atom is -0.504 e. The topological polar surface area (TPSA) is 134 Å². The molecule has 0 spiro atoms. The van der Waals surface area contributed by atoms with Crippen molar-refractivity contribution in [3.63, 3.8) is 0 Å². The number of benzene rings is 1. The predicted octanol–water partition coefficient (Wildman–Crippen LogP) is -0.729. The van der Waals surface area contributed by atoms with Crippen LogP contribution in [0, 0.1) is 0 Å². The first-order valence-corrected chi connectivity index (χ1v) is 10.9. The Balaban J connectivity index is 1.55. The number of nitrogens with one attached hydrogen (secondary N) is 1. The predicted molar refractivity (Wildman–Crippen MR) is 116 cm³/mol. The molecule has 176 valence electrons. The molecule has 0 aromatic heterocycles. The van der Waals surface area contributed by atoms with E-state index in [1.807, 2.05) is 7.05 Å². The molecule has 2 aliphatic heterocycles. The minimum atomic E-state index is -1.43. The van der Waals surface area contributed by atoms with Crippen LogP contribution < -0.4 is 5.32 Å². The maximum atomic E-state index is 13.0. The van der Waals surface area contributed by atoms with Gasteiger partial charge in [0.15, 0.2) is 11.5 Å². The first-order valence-electron chi connectivity index (χ1n) is 10.9. The van der Waals surface area contributed by atoms with E-state index in [9.17, 15) is 29.7 Å². The number of carbonyl (C=O) groups is 3. The van der Waals surface area contributed by atoms with Crippen molar-refractivity contribution in [2.24, 2.45) is 0 Å². The van der Waals surface area contributed by atoms with Gasteiger partial charge in [-0.3, -0.25) is 14.4 Å². The standard InChI is InChI=1S/C22H32N4O6/c1-14(23-20(30)19(29)13-15-5-6-17(27)18(28)12-15)21(31)26-7-3-4-16(26)22(32)25-10-8-24(2)9-11-25/h5-6,12,14,16,19,27-29H,3-4,7-11,13H2,1-2H3,(H,23,30)/t14-,16-,19+/m0/s1. The highest BCUT2D eigenvalue weighted by atomic mass is 16.3. The van der Waals surface area contributed by atoms with Gasteiger partial charge in [0.2, 0.25) is 17.7 Å². The van der Waals surface area contributed by atoms with Crippen LogP contribution in [0.5, 0.6) is 11.5 Å². The van der Waals surface area contributed by atoms with Gasteiger partial charge in [0, 0.05) is 39.1 Å². The summed E-state index contributed by atoms with van der Waals surface area (Å²) in [6.45, 7) is 4.87. The number of likely N-dealkylation sites (tertiary alicyclic amines) is 1. The Morgan fingerprint density at radius 1 is 1.09 bits per heavy atom. The number of phenols is 2. The largest absolute Gasteiger partial charge is 0.504 e. The molecule has 1 aromatic carbocycles. The Bertz CT molecular complexity index is 855. The van der Waals surface area contributed by atoms with Crippen LogP contribution in [0.25, 0.3) is 0 Å². The Labute approximate surface area is 187 Å². The highest BCUT2D eigenvalue weighted by molar-refractivity contribution is 5.93. The van der Waals surface area contributed by atoms with E-state index in [1.54, 1.807) is 4.90 Å². The van der Waals surface area contributed by atoms with E-state index < -0.39 is 24.1 Å². The van der Waals surface area contributed by atoms with Gasteiger partial charge in [-0.05, 0) is 44.5 Å². The van der Waals surface area contributed by atoms with Crippen molar-refractivity contribution < 1.29 is 29.7 Å². The van der Waals surface area contributed by atoms with E-state index in [0.29, 0.717) is 31.6 Å². The SMILES string of the molecule is C[C@H](NC(=O)[C@H](O)Cc1ccc(O)c(O)c1)C(=O)N1CCC[C@H]1C(=O)N1CCN(C)CC1. The average molecular weight is 449 g/mol. The third-order valence-electron chi connectivity index (χ3n) is 6.14. The lowest BCUT2D eigenvalue weighted by molar-refractivity contribution is -0.146. The van der Waals surface area contributed by atoms with Gasteiger partial charge in [0.05, 0.1) is 0 Å². The van der Waals surface area contributed by atoms with Gasteiger partial charge in [-0.2, -0.15) is 0 Å². The van der Waals surface area contributed by atoms with Crippen molar-refractivity contribution in [3.8, 4) is 11.5 Å². The molecule has 2 aliphatic rings. The summed E-state index contributed by atoms with van der Waals surface area (Å²) in [5, 5.41) is 31.7. The Kier molecular flexibility index (Phi) is 7.57. The van der Waals surface area contributed by atoms with Gasteiger partial charge in [0.25, 0.3) is 0 Å². The number of aliphatic hydroxyl groups excluding tert-OH is 1. The van der Waals surface area contributed by atoms with Crippen molar-refractivity contribution in [1.82, 2.24) is 20.0 Å². The van der Waals surface area contributed by atoms with Crippen LogP contribution in [0.4, 0.5) is 0 Å². The van der Waals surface area contributed by atoms with E-state index in [1.165, 1.54) is 30.0 Å². The van der Waals surface area contributed by atoms with Crippen LogP contribution >= 0.6 is 0 Å². The second-order valence-corrected chi connectivity index (χ2v) is 8.59. The van der Waals surface area contributed by atoms with Crippen LogP contribution in [0.3, 0.4) is 0 Å². The van der Waals surface area contributed by atoms with Gasteiger partial charge in [-0.25, -0.2) is 0 Å². The summed E-state index contributed by atoms with van der Waals surface area (Å²) < 4.78 is 0. The number of carbonyl (C=O) groups excluding carboxylic acids is 3. The molecule has 0 bridgehead atoms. The highest BCUT2D eigenvalue weighted by Crippen LogP contribution is 2.25. The number of hydrogen-bond acceptors (Lipinski definition) is 7. The molecule has 3 amide bonds. The second kappa shape index (κ2) is 10.2. The second-order valence-electron chi connectivity index (χ2n) is 8.59. The zero-order valence-electron chi connectivity index (χ0n) is 18.5. The molecule has 10 heteroatoms. The molecular weight excluding hydrogens is 416 g/mol. The normalized spacial score (nSPS) is 21.3. The molecule has 0 radical (unpaired) electrons. The van der Waals surface area contributed by atoms with Crippen molar-refractivity contribution in [1.29, 1.82) is 0 Å². The monoisotopic (exact) mass is 448 g/mol. The quantitative estimate of drug-likeness (QED) is 0.422. The summed E-state index contributed by atoms with van der Waals surface area (Å²) in [5.74, 6) is -1.76. The van der Waals surface area contributed by atoms with Crippen molar-refractivity contribution in [3.05, 3.63) is 23.8 Å². The summed E-state index contributed by atoms with van der Waals surface area (Å²) >= 11 is 0. The molecule has 0 aliphatic carbocycles. The summed E-state index contributed by atoms with van der Waals surface area (Å²) in [4.78, 5) is 43.9. The van der Waals surface area contributed by atoms with E-state index >= 15 is 0 Å². The Morgan fingerprint density at radius 2 is 1.78 bits per heavy atom. The third-order valence-corrected chi connectivity index (χ3v) is 6.14. The summed E-state index contributed by atoms with van der Waals surface area (Å²) in [6, 6.07) is 2.60. The first-order chi connectivity index (χ1) is 15.2. The van der Waals surface area contributed by atoms with Crippen molar-refractivity contribution in [2.75, 3.05) is 39.8 Å². The average Bonchev–Trinajstić information content (AvgIpc) is 3.25. The maximum absolute atomic E-state index is 13.0. The highest BCUT2D eigenvalue weighted by Gasteiger charge is 2.39. The van der Waals surface area contributed by atoms with Gasteiger partial charge in [0.1, 0.15) is 18.2 Å². The summed E-state index contributed by atoms with van der Waals surface area (Å²) in [7, 11) is 2.01. The number of nitrogens with zero attached hydrogens (tertiary/aromatic N) is 3. The van der Waals surface area contributed by atoms with Gasteiger partial charge in [-0.15, -0.1) is 0 Å². The Hall–Kier alpha value is -2.85. The van der Waals surface area contributed by atoms with Crippen LogP contribution in [-0.4, -0.2) is 106 Å². The lowest BCUT2D eigenvalue weighted by Crippen LogP contribution is -2.56. The molecule has 3 atom stereocenters. The number of hydrogen-bond donors (Lipinski definition) is 4. The molecule has 10 nitrogen and oxygen atoms in total. The molecule has 32 heavy (non-hydrogen) atoms. The third kappa shape index (κ3) is 5.49. The van der Waals surface area contributed by atoms with Crippen molar-refractivity contribution in [2.45, 2.75) is 44.4 Å². The van der Waals surface area contributed by atoms with Crippen LogP contribution in [0.1, 0.15) is 25.3 Å². The van der Waals surface area contributed by atoms with Gasteiger partial charge in [-0.1, -0.05) is 6.07 Å². The lowest BCUT2D eigenvalue weighted by Gasteiger charge is -2.36. The smallest absolute Gasteiger partial charge is 0.249 e. The molecule has 0 saturated carbocycles. The molecule has 1 aromatic rings. The molecule has 2 fully saturated rings. The van der Waals surface area contributed by atoms with E-state index in [0.717, 1.165) is 19.5 Å². The molecule has 3 rings (SSSR count). The zero-order chi connectivity index (χ0) is 23.4. The summed E-state index contributed by atoms with van der Waals surface area (Å²) in [5.41, 5.74) is 0.458. The fraction of sp³-hybridized carbons (Fsp3) is 0.591. The number of rotatable bonds is 6. The number of amides is 3. The van der Waals surface area contributed by atoms with Crippen LogP contribution in [-0.2, 0) is 20.8 Å². The number of aromatic hydroxyl groups is 2. The summed E-state index contributed by atoms with van der Waals surface area (Å²) in [6.07, 6.45) is -0.196. The van der Waals surface area contributed by atoms with E-state index in [-0.39, 0.29) is 29.7 Å². The van der Waals surface area contributed by atoms with E-state index in [4.69, 9.17) is 0 Å². The van der Waals surface area contributed by atoms with Crippen LogP contribution in [0.15, 0.2) is 18.2 Å². The van der Waals surface area contributed by atoms with E-state index in [2.05, 4.69) is 10.2 Å². The van der Waals surface area contributed by atoms with Gasteiger partial charge < -0.3 is 35.3 Å². The number of phenolic OH excluding ortho intramolecular Hbond substituents is 2. The zero-order valence-corrected chi connectivity index (χ0v) is 18.5. The van der Waals surface area contributed by atoms with Gasteiger partial charge >= 0.3 is 0 Å². The first kappa shape index (κ1) is 23.8. The molecular formula is C22H32N4O6. The number of likely N-dealkylation sites (N-methyl/N-ethyl adjacent to an activating group) is 1.